The van der Waals surface area contributed by atoms with Gasteiger partial charge in [-0.25, -0.2) is 13.4 Å². The molecule has 0 spiro atoms. The van der Waals surface area contributed by atoms with Gasteiger partial charge in [-0.3, -0.25) is 10.1 Å². The average Bonchev–Trinajstić information content (AvgIpc) is 3.24. The van der Waals surface area contributed by atoms with Crippen LogP contribution in [0.3, 0.4) is 0 Å². The molecule has 0 unspecified atom stereocenters. The van der Waals surface area contributed by atoms with Crippen LogP contribution in [-0.2, 0) is 27.6 Å². The molecule has 4 rings (SSSR count). The van der Waals surface area contributed by atoms with Crippen LogP contribution < -0.4 is 5.32 Å². The minimum absolute atomic E-state index is 0.119. The molecule has 0 saturated carbocycles. The summed E-state index contributed by atoms with van der Waals surface area (Å²) >= 11 is 1.49. The molecule has 138 valence electrons. The lowest BCUT2D eigenvalue weighted by atomic mass is 10.2. The second kappa shape index (κ2) is 7.07. The van der Waals surface area contributed by atoms with E-state index in [1.165, 1.54) is 32.7 Å². The normalized spacial score (nSPS) is 17.8. The Hall–Kier alpha value is -1.81. The first-order valence-electron chi connectivity index (χ1n) is 8.52. The Morgan fingerprint density at radius 2 is 2.04 bits per heavy atom. The molecule has 26 heavy (non-hydrogen) atoms. The number of hydrogen-bond acceptors (Lipinski definition) is 6. The summed E-state index contributed by atoms with van der Waals surface area (Å²) in [5.74, 6) is -0.351. The van der Waals surface area contributed by atoms with Crippen LogP contribution in [0.25, 0.3) is 0 Å². The zero-order valence-corrected chi connectivity index (χ0v) is 15.7. The molecular weight excluding hydrogens is 374 g/mol. The van der Waals surface area contributed by atoms with Crippen LogP contribution in [0.5, 0.6) is 0 Å². The number of benzene rings is 1. The van der Waals surface area contributed by atoms with Crippen molar-refractivity contribution in [3.05, 3.63) is 40.4 Å². The van der Waals surface area contributed by atoms with Crippen LogP contribution in [-0.4, -0.2) is 49.9 Å². The minimum atomic E-state index is -3.63. The quantitative estimate of drug-likeness (QED) is 0.857. The molecule has 1 amide bonds. The van der Waals surface area contributed by atoms with Gasteiger partial charge in [0, 0.05) is 23.5 Å². The summed E-state index contributed by atoms with van der Waals surface area (Å²) in [7, 11) is -3.63. The summed E-state index contributed by atoms with van der Waals surface area (Å²) in [6.45, 7) is 1.41. The minimum Gasteiger partial charge on any atom is -0.379 e. The van der Waals surface area contributed by atoms with Gasteiger partial charge >= 0.3 is 0 Å². The third-order valence-electron chi connectivity index (χ3n) is 4.52. The lowest BCUT2D eigenvalue weighted by Crippen LogP contribution is -2.40. The zero-order chi connectivity index (χ0) is 18.1. The van der Waals surface area contributed by atoms with E-state index in [0.29, 0.717) is 37.0 Å². The number of nitrogens with one attached hydrogen (secondary N) is 1. The van der Waals surface area contributed by atoms with E-state index in [2.05, 4.69) is 10.3 Å². The lowest BCUT2D eigenvalue weighted by molar-refractivity contribution is 0.0730. The van der Waals surface area contributed by atoms with Crippen molar-refractivity contribution < 1.29 is 17.9 Å². The SMILES string of the molecule is O=C(Nc1nc2c(s1)CCC2)c1cccc(S(=O)(=O)N2CCOCC2)c1. The van der Waals surface area contributed by atoms with Gasteiger partial charge in [-0.05, 0) is 37.5 Å². The fourth-order valence-corrected chi connectivity index (χ4v) is 5.65. The summed E-state index contributed by atoms with van der Waals surface area (Å²) in [4.78, 5) is 18.3. The second-order valence-electron chi connectivity index (χ2n) is 6.24. The van der Waals surface area contributed by atoms with Gasteiger partial charge in [0.05, 0.1) is 23.8 Å². The first-order valence-corrected chi connectivity index (χ1v) is 10.8. The highest BCUT2D eigenvalue weighted by atomic mass is 32.2. The Morgan fingerprint density at radius 3 is 2.81 bits per heavy atom. The van der Waals surface area contributed by atoms with Crippen LogP contribution in [0.1, 0.15) is 27.3 Å². The number of nitrogens with zero attached hydrogens (tertiary/aromatic N) is 2. The summed E-state index contributed by atoms with van der Waals surface area (Å²) in [5, 5.41) is 3.36. The Bertz CT molecular complexity index is 912. The van der Waals surface area contributed by atoms with E-state index in [0.717, 1.165) is 25.0 Å². The summed E-state index contributed by atoms with van der Waals surface area (Å²) in [6.07, 6.45) is 3.08. The molecule has 0 bridgehead atoms. The molecule has 1 saturated heterocycles. The maximum absolute atomic E-state index is 12.7. The van der Waals surface area contributed by atoms with Crippen molar-refractivity contribution in [3.8, 4) is 0 Å². The number of fused-ring (bicyclic) bond motifs is 1. The summed E-state index contributed by atoms with van der Waals surface area (Å²) in [6, 6.07) is 6.12. The van der Waals surface area contributed by atoms with Crippen LogP contribution in [0.2, 0.25) is 0 Å². The second-order valence-corrected chi connectivity index (χ2v) is 9.26. The van der Waals surface area contributed by atoms with Crippen LogP contribution in [0.4, 0.5) is 5.13 Å². The number of ether oxygens (including phenoxy) is 1. The van der Waals surface area contributed by atoms with Gasteiger partial charge in [0.15, 0.2) is 5.13 Å². The number of anilines is 1. The van der Waals surface area contributed by atoms with E-state index >= 15 is 0 Å². The highest BCUT2D eigenvalue weighted by Gasteiger charge is 2.27. The lowest BCUT2D eigenvalue weighted by Gasteiger charge is -2.26. The number of aromatic nitrogens is 1. The van der Waals surface area contributed by atoms with Gasteiger partial charge < -0.3 is 4.74 Å². The number of carbonyl (C=O) groups is 1. The van der Waals surface area contributed by atoms with Crippen LogP contribution in [0.15, 0.2) is 29.2 Å². The van der Waals surface area contributed by atoms with Crippen LogP contribution in [0, 0.1) is 0 Å². The molecule has 9 heteroatoms. The number of thiazole rings is 1. The van der Waals surface area contributed by atoms with Crippen molar-refractivity contribution >= 4 is 32.4 Å². The third kappa shape index (κ3) is 3.39. The van der Waals surface area contributed by atoms with Gasteiger partial charge in [0.2, 0.25) is 10.0 Å². The van der Waals surface area contributed by atoms with Crippen molar-refractivity contribution in [2.24, 2.45) is 0 Å². The number of morpholine rings is 1. The molecule has 2 aliphatic rings. The molecule has 2 aromatic rings. The Kier molecular flexibility index (Phi) is 4.78. The number of carbonyl (C=O) groups excluding carboxylic acids is 1. The Morgan fingerprint density at radius 1 is 1.23 bits per heavy atom. The third-order valence-corrected chi connectivity index (χ3v) is 7.49. The molecule has 7 nitrogen and oxygen atoms in total. The Balaban J connectivity index is 1.53. The predicted molar refractivity (Wildman–Crippen MR) is 98.1 cm³/mol. The van der Waals surface area contributed by atoms with Gasteiger partial charge in [-0.15, -0.1) is 11.3 Å². The molecule has 1 aromatic heterocycles. The number of aryl methyl sites for hydroxylation is 2. The Labute approximate surface area is 156 Å². The van der Waals surface area contributed by atoms with Crippen molar-refractivity contribution in [1.29, 1.82) is 0 Å². The molecule has 2 heterocycles. The number of sulfonamides is 1. The molecule has 1 fully saturated rings. The van der Waals surface area contributed by atoms with E-state index in [4.69, 9.17) is 4.74 Å². The fourth-order valence-electron chi connectivity index (χ4n) is 3.15. The standard InChI is InChI=1S/C17H19N3O4S2/c21-16(19-17-18-14-5-2-6-15(14)25-17)12-3-1-4-13(11-12)26(22,23)20-7-9-24-10-8-20/h1,3-4,11H,2,5-10H2,(H,18,19,21). The summed E-state index contributed by atoms with van der Waals surface area (Å²) < 4.78 is 32.1. The number of rotatable bonds is 4. The first kappa shape index (κ1) is 17.6. The highest BCUT2D eigenvalue weighted by molar-refractivity contribution is 7.89. The molecule has 1 N–H and O–H groups in total. The molecule has 1 aliphatic heterocycles. The zero-order valence-electron chi connectivity index (χ0n) is 14.1. The largest absolute Gasteiger partial charge is 0.379 e. The van der Waals surface area contributed by atoms with Crippen molar-refractivity contribution in [2.45, 2.75) is 24.2 Å². The maximum Gasteiger partial charge on any atom is 0.257 e. The van der Waals surface area contributed by atoms with Crippen molar-refractivity contribution in [2.75, 3.05) is 31.6 Å². The molecule has 0 atom stereocenters. The monoisotopic (exact) mass is 393 g/mol. The van der Waals surface area contributed by atoms with E-state index < -0.39 is 10.0 Å². The van der Waals surface area contributed by atoms with Crippen molar-refractivity contribution in [1.82, 2.24) is 9.29 Å². The fraction of sp³-hybridized carbons (Fsp3) is 0.412. The van der Waals surface area contributed by atoms with Crippen LogP contribution >= 0.6 is 11.3 Å². The molecular formula is C17H19N3O4S2. The van der Waals surface area contributed by atoms with Gasteiger partial charge in [-0.1, -0.05) is 6.07 Å². The van der Waals surface area contributed by atoms with Gasteiger partial charge in [0.25, 0.3) is 5.91 Å². The van der Waals surface area contributed by atoms with Gasteiger partial charge in [-0.2, -0.15) is 4.31 Å². The predicted octanol–water partition coefficient (Wildman–Crippen LogP) is 1.91. The molecule has 1 aliphatic carbocycles. The van der Waals surface area contributed by atoms with E-state index in [9.17, 15) is 13.2 Å². The van der Waals surface area contributed by atoms with E-state index in [-0.39, 0.29) is 10.8 Å². The number of amides is 1. The summed E-state index contributed by atoms with van der Waals surface area (Å²) in [5.41, 5.74) is 1.36. The first-order chi connectivity index (χ1) is 12.5. The van der Waals surface area contributed by atoms with Crippen molar-refractivity contribution in [3.63, 3.8) is 0 Å². The number of hydrogen-bond donors (Lipinski definition) is 1. The van der Waals surface area contributed by atoms with E-state index in [1.54, 1.807) is 12.1 Å². The maximum atomic E-state index is 12.7. The highest BCUT2D eigenvalue weighted by Crippen LogP contribution is 2.30. The smallest absolute Gasteiger partial charge is 0.257 e. The van der Waals surface area contributed by atoms with Gasteiger partial charge in [0.1, 0.15) is 0 Å². The molecule has 1 aromatic carbocycles. The topological polar surface area (TPSA) is 88.6 Å². The van der Waals surface area contributed by atoms with E-state index in [1.807, 2.05) is 0 Å². The average molecular weight is 393 g/mol. The molecule has 0 radical (unpaired) electrons.